The van der Waals surface area contributed by atoms with Gasteiger partial charge in [-0.1, -0.05) is 18.2 Å². The number of nitrogens with zero attached hydrogens (tertiary/aromatic N) is 3. The number of alkyl halides is 3. The van der Waals surface area contributed by atoms with Crippen molar-refractivity contribution in [3.8, 4) is 11.4 Å². The molecule has 5 nitrogen and oxygen atoms in total. The third-order valence-corrected chi connectivity index (χ3v) is 3.46. The van der Waals surface area contributed by atoms with Gasteiger partial charge in [-0.2, -0.15) is 18.3 Å². The van der Waals surface area contributed by atoms with Gasteiger partial charge in [0.15, 0.2) is 11.4 Å². The first-order valence-electron chi connectivity index (χ1n) is 7.40. The predicted molar refractivity (Wildman–Crippen MR) is 82.4 cm³/mol. The van der Waals surface area contributed by atoms with Gasteiger partial charge < -0.3 is 9.64 Å². The van der Waals surface area contributed by atoms with Crippen molar-refractivity contribution in [2.75, 3.05) is 20.2 Å². The van der Waals surface area contributed by atoms with Crippen molar-refractivity contribution in [2.45, 2.75) is 19.5 Å². The molecule has 0 radical (unpaired) electrons. The molecule has 130 valence electrons. The molecule has 0 fully saturated rings. The van der Waals surface area contributed by atoms with Gasteiger partial charge in [0, 0.05) is 13.1 Å². The summed E-state index contributed by atoms with van der Waals surface area (Å²) in [4.78, 5) is 13.6. The monoisotopic (exact) mass is 341 g/mol. The summed E-state index contributed by atoms with van der Waals surface area (Å²) < 4.78 is 43.8. The number of benzene rings is 1. The number of ether oxygens (including phenoxy) is 1. The van der Waals surface area contributed by atoms with Gasteiger partial charge in [0.1, 0.15) is 0 Å². The van der Waals surface area contributed by atoms with Crippen molar-refractivity contribution in [1.82, 2.24) is 14.7 Å². The zero-order chi connectivity index (χ0) is 17.7. The summed E-state index contributed by atoms with van der Waals surface area (Å²) in [5.74, 6) is -0.373. The van der Waals surface area contributed by atoms with Crippen LogP contribution in [-0.4, -0.2) is 47.0 Å². The van der Waals surface area contributed by atoms with E-state index in [4.69, 9.17) is 4.74 Å². The number of halogens is 3. The number of amides is 1. The van der Waals surface area contributed by atoms with Crippen molar-refractivity contribution >= 4 is 5.91 Å². The number of hydrogen-bond donors (Lipinski definition) is 0. The van der Waals surface area contributed by atoms with Crippen molar-refractivity contribution < 1.29 is 22.7 Å². The van der Waals surface area contributed by atoms with Gasteiger partial charge in [0.05, 0.1) is 25.4 Å². The first-order valence-corrected chi connectivity index (χ1v) is 7.40. The number of carbonyl (C=O) groups is 1. The molecule has 2 rings (SSSR count). The van der Waals surface area contributed by atoms with E-state index in [0.29, 0.717) is 5.69 Å². The van der Waals surface area contributed by atoms with E-state index in [-0.39, 0.29) is 18.0 Å². The zero-order valence-electron chi connectivity index (χ0n) is 13.4. The molecule has 1 amide bonds. The van der Waals surface area contributed by atoms with E-state index in [1.807, 2.05) is 18.2 Å². The molecule has 2 aromatic rings. The number of methoxy groups -OCH3 is 1. The fourth-order valence-corrected chi connectivity index (χ4v) is 2.18. The van der Waals surface area contributed by atoms with Gasteiger partial charge in [0.25, 0.3) is 5.91 Å². The third kappa shape index (κ3) is 4.27. The Hall–Kier alpha value is -2.51. The van der Waals surface area contributed by atoms with Crippen LogP contribution in [0.1, 0.15) is 23.8 Å². The maximum absolute atomic E-state index is 12.5. The second-order valence-electron chi connectivity index (χ2n) is 5.08. The highest BCUT2D eigenvalue weighted by Gasteiger charge is 2.30. The lowest BCUT2D eigenvalue weighted by molar-refractivity contribution is -0.136. The van der Waals surface area contributed by atoms with E-state index in [2.05, 4.69) is 5.10 Å². The Morgan fingerprint density at radius 3 is 2.50 bits per heavy atom. The highest BCUT2D eigenvalue weighted by Crippen LogP contribution is 2.23. The molecule has 24 heavy (non-hydrogen) atoms. The molecule has 0 atom stereocenters. The zero-order valence-corrected chi connectivity index (χ0v) is 13.4. The molecule has 0 aliphatic rings. The van der Waals surface area contributed by atoms with E-state index < -0.39 is 25.0 Å². The second-order valence-corrected chi connectivity index (χ2v) is 5.08. The van der Waals surface area contributed by atoms with Gasteiger partial charge in [-0.05, 0) is 19.1 Å². The molecule has 8 heteroatoms. The van der Waals surface area contributed by atoms with Crippen LogP contribution >= 0.6 is 0 Å². The number of aromatic nitrogens is 2. The molecule has 1 aromatic heterocycles. The van der Waals surface area contributed by atoms with Gasteiger partial charge in [-0.3, -0.25) is 4.79 Å². The first kappa shape index (κ1) is 17.8. The molecule has 0 saturated carbocycles. The predicted octanol–water partition coefficient (Wildman–Crippen LogP) is 3.30. The number of rotatable bonds is 6. The molecule has 1 heterocycles. The van der Waals surface area contributed by atoms with E-state index in [1.54, 1.807) is 19.1 Å². The lowest BCUT2D eigenvalue weighted by Crippen LogP contribution is -2.34. The van der Waals surface area contributed by atoms with Crippen LogP contribution in [0.5, 0.6) is 5.75 Å². The maximum atomic E-state index is 12.5. The van der Waals surface area contributed by atoms with Gasteiger partial charge in [0.2, 0.25) is 0 Å². The van der Waals surface area contributed by atoms with Gasteiger partial charge in [-0.25, -0.2) is 4.68 Å². The Morgan fingerprint density at radius 2 is 1.96 bits per heavy atom. The Balaban J connectivity index is 2.26. The fraction of sp³-hybridized carbons (Fsp3) is 0.375. The summed E-state index contributed by atoms with van der Waals surface area (Å²) in [7, 11) is 1.38. The summed E-state index contributed by atoms with van der Waals surface area (Å²) in [6.45, 7) is 1.35. The summed E-state index contributed by atoms with van der Waals surface area (Å²) in [5, 5.41) is 4.18. The fourth-order valence-electron chi connectivity index (χ4n) is 2.18. The highest BCUT2D eigenvalue weighted by molar-refractivity contribution is 5.95. The summed E-state index contributed by atoms with van der Waals surface area (Å²) >= 11 is 0. The minimum atomic E-state index is -4.32. The molecule has 0 aliphatic carbocycles. The lowest BCUT2D eigenvalue weighted by Gasteiger charge is -2.20. The number of carbonyl (C=O) groups excluding carboxylic acids is 1. The topological polar surface area (TPSA) is 47.4 Å². The first-order chi connectivity index (χ1) is 11.4. The minimum absolute atomic E-state index is 0.00891. The van der Waals surface area contributed by atoms with Crippen LogP contribution in [0.4, 0.5) is 13.2 Å². The molecule has 0 N–H and O–H groups in total. The van der Waals surface area contributed by atoms with Crippen LogP contribution in [-0.2, 0) is 0 Å². The quantitative estimate of drug-likeness (QED) is 0.810. The third-order valence-electron chi connectivity index (χ3n) is 3.46. The summed E-state index contributed by atoms with van der Waals surface area (Å²) in [6, 6.07) is 9.05. The van der Waals surface area contributed by atoms with Crippen LogP contribution < -0.4 is 4.74 Å². The Morgan fingerprint density at radius 1 is 1.29 bits per heavy atom. The van der Waals surface area contributed by atoms with E-state index in [1.165, 1.54) is 18.0 Å². The molecule has 0 bridgehead atoms. The van der Waals surface area contributed by atoms with Crippen LogP contribution in [0.25, 0.3) is 5.69 Å². The summed E-state index contributed by atoms with van der Waals surface area (Å²) in [5.41, 5.74) is 0.707. The standard InChI is InChI=1S/C16H18F3N3O2/c1-3-21(10-9-16(17,18)19)15(23)14-13(24-2)11-22(20-14)12-7-5-4-6-8-12/h4-8,11H,3,9-10H2,1-2H3. The average molecular weight is 341 g/mol. The van der Waals surface area contributed by atoms with Gasteiger partial charge >= 0.3 is 6.18 Å². The van der Waals surface area contributed by atoms with Crippen molar-refractivity contribution in [1.29, 1.82) is 0 Å². The lowest BCUT2D eigenvalue weighted by atomic mass is 10.3. The molecular weight excluding hydrogens is 323 g/mol. The molecule has 0 saturated heterocycles. The molecule has 0 spiro atoms. The smallest absolute Gasteiger partial charge is 0.390 e. The van der Waals surface area contributed by atoms with Crippen LogP contribution in [0, 0.1) is 0 Å². The SMILES string of the molecule is CCN(CCC(F)(F)F)C(=O)c1nn(-c2ccccc2)cc1OC. The largest absolute Gasteiger partial charge is 0.493 e. The second kappa shape index (κ2) is 7.37. The maximum Gasteiger partial charge on any atom is 0.390 e. The van der Waals surface area contributed by atoms with E-state index >= 15 is 0 Å². The molecule has 1 aromatic carbocycles. The highest BCUT2D eigenvalue weighted by atomic mass is 19.4. The van der Waals surface area contributed by atoms with Crippen LogP contribution in [0.3, 0.4) is 0 Å². The van der Waals surface area contributed by atoms with Crippen LogP contribution in [0.15, 0.2) is 36.5 Å². The molecular formula is C16H18F3N3O2. The van der Waals surface area contributed by atoms with Crippen LogP contribution in [0.2, 0.25) is 0 Å². The minimum Gasteiger partial charge on any atom is -0.493 e. The van der Waals surface area contributed by atoms with E-state index in [9.17, 15) is 18.0 Å². The Bertz CT molecular complexity index is 684. The number of hydrogen-bond acceptors (Lipinski definition) is 3. The van der Waals surface area contributed by atoms with Crippen molar-refractivity contribution in [2.24, 2.45) is 0 Å². The Labute approximate surface area is 137 Å². The van der Waals surface area contributed by atoms with E-state index in [0.717, 1.165) is 4.90 Å². The Kier molecular flexibility index (Phi) is 5.48. The van der Waals surface area contributed by atoms with Gasteiger partial charge in [-0.15, -0.1) is 0 Å². The van der Waals surface area contributed by atoms with Crippen molar-refractivity contribution in [3.05, 3.63) is 42.2 Å². The molecule has 0 aliphatic heterocycles. The number of para-hydroxylation sites is 1. The average Bonchev–Trinajstić information content (AvgIpc) is 2.99. The van der Waals surface area contributed by atoms with Crippen molar-refractivity contribution in [3.63, 3.8) is 0 Å². The normalized spacial score (nSPS) is 11.4. The summed E-state index contributed by atoms with van der Waals surface area (Å²) in [6.07, 6.45) is -3.85. The molecule has 0 unspecified atom stereocenters.